The van der Waals surface area contributed by atoms with E-state index < -0.39 is 0 Å². The molecule has 412 valence electrons. The lowest BCUT2D eigenvalue weighted by molar-refractivity contribution is 0.0979. The summed E-state index contributed by atoms with van der Waals surface area (Å²) in [5.74, 6) is 1.17. The molecule has 0 amide bonds. The molecule has 0 aliphatic heterocycles. The average Bonchev–Trinajstić information content (AvgIpc) is 3.63. The first-order valence-electron chi connectivity index (χ1n) is 29.7. The van der Waals surface area contributed by atoms with E-state index in [-0.39, 0.29) is 23.1 Å². The van der Waals surface area contributed by atoms with E-state index in [2.05, 4.69) is 26.0 Å². The second kappa shape index (κ2) is 28.9. The minimum absolute atomic E-state index is 0.106. The Hall–Kier alpha value is -7.84. The van der Waals surface area contributed by atoms with Crippen LogP contribution in [0.15, 0.2) is 156 Å². The predicted octanol–water partition coefficient (Wildman–Crippen LogP) is 19.6. The molecule has 9 rings (SSSR count). The van der Waals surface area contributed by atoms with Gasteiger partial charge in [-0.1, -0.05) is 178 Å². The van der Waals surface area contributed by atoms with Gasteiger partial charge >= 0.3 is 0 Å². The van der Waals surface area contributed by atoms with Crippen molar-refractivity contribution < 1.29 is 29.3 Å². The Morgan fingerprint density at radius 3 is 1.04 bits per heavy atom. The van der Waals surface area contributed by atoms with Gasteiger partial charge in [-0.3, -0.25) is 19.6 Å². The number of fused-ring (bicyclic) bond motifs is 4. The Bertz CT molecular complexity index is 3200. The largest absolute Gasteiger partial charge is 0.507 e. The van der Waals surface area contributed by atoms with Crippen LogP contribution < -0.4 is 9.47 Å². The van der Waals surface area contributed by atoms with Gasteiger partial charge in [-0.05, 0) is 142 Å². The van der Waals surface area contributed by atoms with E-state index in [9.17, 15) is 19.8 Å². The van der Waals surface area contributed by atoms with Crippen molar-refractivity contribution in [2.75, 3.05) is 13.2 Å². The number of ether oxygens (including phenoxy) is 2. The van der Waals surface area contributed by atoms with Crippen molar-refractivity contribution in [2.24, 2.45) is 9.98 Å². The molecule has 0 bridgehead atoms. The van der Waals surface area contributed by atoms with Crippen molar-refractivity contribution in [1.29, 1.82) is 0 Å². The molecule has 0 aromatic heterocycles. The van der Waals surface area contributed by atoms with Gasteiger partial charge in [-0.2, -0.15) is 0 Å². The third-order valence-corrected chi connectivity index (χ3v) is 15.6. The fourth-order valence-electron chi connectivity index (χ4n) is 10.9. The Kier molecular flexibility index (Phi) is 20.5. The van der Waals surface area contributed by atoms with Crippen molar-refractivity contribution in [3.8, 4) is 45.3 Å². The van der Waals surface area contributed by atoms with Crippen LogP contribution in [0.3, 0.4) is 0 Å². The molecule has 1 aliphatic rings. The molecule has 0 saturated heterocycles. The van der Waals surface area contributed by atoms with E-state index in [0.717, 1.165) is 69.5 Å². The molecule has 1 aliphatic carbocycles. The minimum atomic E-state index is -0.166. The summed E-state index contributed by atoms with van der Waals surface area (Å²) < 4.78 is 12.0. The first kappa shape index (κ1) is 56.9. The SMILES string of the molecule is CCCCCCCCCCCCOc1ccc(C=Nc2ccc(-c3cc4cc5c(cc4cc3-c3ccc(N=Cc4ccc(OCCCCCCCCCCCC)cc4O)cc3)C(=O)c3cc4ccccc4cc3C5=O)cc2)c(O)c1. The monoisotopic (exact) mass is 1070 g/mol. The van der Waals surface area contributed by atoms with Crippen LogP contribution in [0.2, 0.25) is 0 Å². The zero-order valence-electron chi connectivity index (χ0n) is 47.0. The number of phenolic OH excluding ortho intramolecular Hbond substituents is 2. The number of hydrogen-bond acceptors (Lipinski definition) is 8. The molecule has 8 aromatic carbocycles. The van der Waals surface area contributed by atoms with Crippen LogP contribution >= 0.6 is 0 Å². The first-order chi connectivity index (χ1) is 39.3. The van der Waals surface area contributed by atoms with Crippen LogP contribution in [0, 0.1) is 0 Å². The van der Waals surface area contributed by atoms with Gasteiger partial charge < -0.3 is 19.7 Å². The van der Waals surface area contributed by atoms with E-state index in [0.29, 0.717) is 69.5 Å². The van der Waals surface area contributed by atoms with Crippen molar-refractivity contribution in [3.05, 3.63) is 179 Å². The topological polar surface area (TPSA) is 118 Å². The molecule has 0 spiro atoms. The van der Waals surface area contributed by atoms with E-state index in [4.69, 9.17) is 19.5 Å². The quantitative estimate of drug-likeness (QED) is 0.0342. The average molecular weight is 1070 g/mol. The second-order valence-electron chi connectivity index (χ2n) is 21.7. The number of aromatic hydroxyl groups is 2. The molecular weight excluding hydrogens is 989 g/mol. The van der Waals surface area contributed by atoms with Gasteiger partial charge in [0, 0.05) is 57.9 Å². The molecule has 0 radical (unpaired) electrons. The lowest BCUT2D eigenvalue weighted by Crippen LogP contribution is -2.21. The minimum Gasteiger partial charge on any atom is -0.507 e. The van der Waals surface area contributed by atoms with E-state index >= 15 is 0 Å². The van der Waals surface area contributed by atoms with Crippen LogP contribution in [0.1, 0.15) is 185 Å². The number of nitrogens with zero attached hydrogens (tertiary/aromatic N) is 2. The van der Waals surface area contributed by atoms with Gasteiger partial charge in [0.1, 0.15) is 23.0 Å². The summed E-state index contributed by atoms with van der Waals surface area (Å²) in [4.78, 5) is 37.9. The van der Waals surface area contributed by atoms with Gasteiger partial charge in [0.25, 0.3) is 0 Å². The highest BCUT2D eigenvalue weighted by Crippen LogP contribution is 2.40. The van der Waals surface area contributed by atoms with Crippen molar-refractivity contribution in [2.45, 2.75) is 142 Å². The number of ketones is 2. The summed E-state index contributed by atoms with van der Waals surface area (Å²) in [5.41, 5.74) is 7.94. The van der Waals surface area contributed by atoms with Crippen LogP contribution in [0.25, 0.3) is 43.8 Å². The number of rotatable bonds is 30. The zero-order chi connectivity index (χ0) is 55.5. The van der Waals surface area contributed by atoms with Gasteiger partial charge in [0.15, 0.2) is 11.6 Å². The summed E-state index contributed by atoms with van der Waals surface area (Å²) >= 11 is 0. The fourth-order valence-corrected chi connectivity index (χ4v) is 10.9. The number of aliphatic imine (C=N–C) groups is 2. The highest BCUT2D eigenvalue weighted by atomic mass is 16.5. The fraction of sp³-hybridized carbons (Fsp3) is 0.333. The summed E-state index contributed by atoms with van der Waals surface area (Å²) in [6, 6.07) is 46.0. The lowest BCUT2D eigenvalue weighted by atomic mass is 9.81. The van der Waals surface area contributed by atoms with Crippen LogP contribution in [-0.4, -0.2) is 47.4 Å². The van der Waals surface area contributed by atoms with E-state index in [1.54, 1.807) is 24.6 Å². The second-order valence-corrected chi connectivity index (χ2v) is 21.7. The van der Waals surface area contributed by atoms with Gasteiger partial charge in [0.05, 0.1) is 24.6 Å². The highest BCUT2D eigenvalue weighted by Gasteiger charge is 2.31. The summed E-state index contributed by atoms with van der Waals surface area (Å²) in [6.45, 7) is 5.76. The molecule has 0 saturated carbocycles. The van der Waals surface area contributed by atoms with Gasteiger partial charge in [-0.15, -0.1) is 0 Å². The Labute approximate surface area is 473 Å². The maximum absolute atomic E-state index is 14.2. The molecule has 0 heterocycles. The summed E-state index contributed by atoms with van der Waals surface area (Å²) in [5, 5.41) is 25.3. The highest BCUT2D eigenvalue weighted by molar-refractivity contribution is 6.30. The van der Waals surface area contributed by atoms with Gasteiger partial charge in [-0.25, -0.2) is 0 Å². The lowest BCUT2D eigenvalue weighted by Gasteiger charge is -2.20. The number of benzene rings is 8. The smallest absolute Gasteiger partial charge is 0.194 e. The molecule has 80 heavy (non-hydrogen) atoms. The van der Waals surface area contributed by atoms with Crippen LogP contribution in [0.5, 0.6) is 23.0 Å². The number of phenols is 2. The molecule has 8 nitrogen and oxygen atoms in total. The normalized spacial score (nSPS) is 12.3. The maximum Gasteiger partial charge on any atom is 0.194 e. The third kappa shape index (κ3) is 15.1. The molecule has 0 fully saturated rings. The molecule has 0 unspecified atom stereocenters. The Balaban J connectivity index is 0.892. The first-order valence-corrected chi connectivity index (χ1v) is 29.7. The number of hydrogen-bond donors (Lipinski definition) is 2. The van der Waals surface area contributed by atoms with Crippen molar-refractivity contribution in [3.63, 3.8) is 0 Å². The van der Waals surface area contributed by atoms with E-state index in [1.807, 2.05) is 121 Å². The molecule has 0 atom stereocenters. The maximum atomic E-state index is 14.2. The van der Waals surface area contributed by atoms with Crippen LogP contribution in [-0.2, 0) is 0 Å². The number of unbranched alkanes of at least 4 members (excludes halogenated alkanes) is 18. The number of carbonyl (C=O) groups excluding carboxylic acids is 2. The van der Waals surface area contributed by atoms with Crippen molar-refractivity contribution >= 4 is 56.9 Å². The molecular formula is C72H78N2O6. The molecule has 8 aromatic rings. The predicted molar refractivity (Wildman–Crippen MR) is 331 cm³/mol. The van der Waals surface area contributed by atoms with Gasteiger partial charge in [0.2, 0.25) is 0 Å². The Morgan fingerprint density at radius 1 is 0.362 bits per heavy atom. The van der Waals surface area contributed by atoms with E-state index in [1.165, 1.54) is 103 Å². The molecule has 2 N–H and O–H groups in total. The third-order valence-electron chi connectivity index (χ3n) is 15.6. The number of carbonyl (C=O) groups is 2. The zero-order valence-corrected chi connectivity index (χ0v) is 47.0. The Morgan fingerprint density at radius 2 is 0.688 bits per heavy atom. The molecule has 8 heteroatoms. The summed E-state index contributed by atoms with van der Waals surface area (Å²) in [6.07, 6.45) is 28.6. The standard InChI is InChI=1S/C72H78N2O6/c1-3-5-7-9-11-13-15-17-19-23-39-79-61-37-31-55(69(75)47-61)49-73-59-33-27-51(28-34-59)63-43-57-45-67-68(72(78)66-42-54-26-22-21-25-53(54)41-65(66)71(67)77)46-58(57)44-64(63)52-29-35-60(36-30-52)74-50-56-32-38-62(48-70(56)76)80-40-24-20-18-16-14-12-10-8-6-4-2/h21-22,25-38,41-50,75-76H,3-20,23-24,39-40H2,1-2H3. The van der Waals surface area contributed by atoms with Crippen LogP contribution in [0.4, 0.5) is 11.4 Å². The summed E-state index contributed by atoms with van der Waals surface area (Å²) in [7, 11) is 0. The van der Waals surface area contributed by atoms with Crippen molar-refractivity contribution in [1.82, 2.24) is 0 Å².